The van der Waals surface area contributed by atoms with Gasteiger partial charge >= 0.3 is 0 Å². The third kappa shape index (κ3) is 4.30. The molecule has 4 rings (SSSR count). The highest BCUT2D eigenvalue weighted by Gasteiger charge is 2.10. The van der Waals surface area contributed by atoms with E-state index >= 15 is 0 Å². The van der Waals surface area contributed by atoms with E-state index < -0.39 is 0 Å². The maximum atomic E-state index is 12.0. The van der Waals surface area contributed by atoms with Crippen LogP contribution < -0.4 is 14.9 Å². The molecule has 0 atom stereocenters. The maximum Gasteiger partial charge on any atom is 0.192 e. The van der Waals surface area contributed by atoms with Gasteiger partial charge in [-0.3, -0.25) is 9.78 Å². The summed E-state index contributed by atoms with van der Waals surface area (Å²) in [6.07, 6.45) is 0. The number of halogens is 1. The minimum absolute atomic E-state index is 0.0944. The highest BCUT2D eigenvalue weighted by atomic mass is 35.5. The molecule has 2 heterocycles. The standard InChI is InChI=1S/C13H14ClNO.C13H15NO2/c1-7-5-10-11(6-12(7)16-4)15-9(3)8(2)13(10)14;1-7-5-10-11(6-12(7)16-4)14-9(3)8(2)13(10)15/h5-6H,1-4H3;5-6H,1-4H3,(H,14,15). The average Bonchev–Trinajstić information content (AvgIpc) is 2.77. The highest BCUT2D eigenvalue weighted by Crippen LogP contribution is 2.32. The minimum atomic E-state index is 0.0944. The number of hydrogen-bond donors (Lipinski definition) is 1. The molecule has 4 aromatic rings. The summed E-state index contributed by atoms with van der Waals surface area (Å²) in [5.41, 5.74) is 7.54. The Balaban J connectivity index is 0.000000181. The summed E-state index contributed by atoms with van der Waals surface area (Å²) in [5.74, 6) is 1.64. The Morgan fingerprint density at radius 3 is 1.97 bits per heavy atom. The molecule has 0 aliphatic heterocycles. The molecule has 5 nitrogen and oxygen atoms in total. The van der Waals surface area contributed by atoms with Crippen molar-refractivity contribution in [3.05, 3.63) is 73.2 Å². The molecule has 0 spiro atoms. The first-order valence-corrected chi connectivity index (χ1v) is 10.8. The number of aromatic nitrogens is 2. The average molecular weight is 453 g/mol. The van der Waals surface area contributed by atoms with E-state index in [1.165, 1.54) is 0 Å². The molecule has 0 fully saturated rings. The van der Waals surface area contributed by atoms with Crippen molar-refractivity contribution in [1.29, 1.82) is 0 Å². The predicted molar refractivity (Wildman–Crippen MR) is 133 cm³/mol. The molecule has 0 bridgehead atoms. The van der Waals surface area contributed by atoms with E-state index in [1.807, 2.05) is 65.8 Å². The molecule has 0 radical (unpaired) electrons. The third-order valence-corrected chi connectivity index (χ3v) is 6.40. The Labute approximate surface area is 193 Å². The fourth-order valence-electron chi connectivity index (χ4n) is 3.66. The van der Waals surface area contributed by atoms with E-state index in [-0.39, 0.29) is 5.43 Å². The van der Waals surface area contributed by atoms with Gasteiger partial charge in [-0.25, -0.2) is 0 Å². The van der Waals surface area contributed by atoms with Gasteiger partial charge in [0, 0.05) is 39.9 Å². The zero-order chi connectivity index (χ0) is 23.7. The van der Waals surface area contributed by atoms with Crippen molar-refractivity contribution in [1.82, 2.24) is 9.97 Å². The van der Waals surface area contributed by atoms with Gasteiger partial charge in [0.15, 0.2) is 5.43 Å². The molecule has 168 valence electrons. The topological polar surface area (TPSA) is 64.2 Å². The first kappa shape index (κ1) is 23.6. The Morgan fingerprint density at radius 2 is 1.38 bits per heavy atom. The van der Waals surface area contributed by atoms with Gasteiger partial charge in [0.05, 0.1) is 30.3 Å². The number of pyridine rings is 2. The summed E-state index contributed by atoms with van der Waals surface area (Å²) in [6.45, 7) is 11.6. The number of nitrogens with zero attached hydrogens (tertiary/aromatic N) is 1. The van der Waals surface area contributed by atoms with Crippen molar-refractivity contribution in [3.63, 3.8) is 0 Å². The number of hydrogen-bond acceptors (Lipinski definition) is 4. The monoisotopic (exact) mass is 452 g/mol. The van der Waals surface area contributed by atoms with Gasteiger partial charge in [0.25, 0.3) is 0 Å². The van der Waals surface area contributed by atoms with Crippen molar-refractivity contribution in [2.75, 3.05) is 14.2 Å². The number of ether oxygens (including phenoxy) is 2. The molecule has 0 saturated carbocycles. The molecule has 0 unspecified atom stereocenters. The number of H-pyrrole nitrogens is 1. The second kappa shape index (κ2) is 9.21. The summed E-state index contributed by atoms with van der Waals surface area (Å²) in [4.78, 5) is 19.8. The molecule has 0 aliphatic rings. The van der Waals surface area contributed by atoms with Gasteiger partial charge < -0.3 is 14.5 Å². The van der Waals surface area contributed by atoms with E-state index in [0.29, 0.717) is 0 Å². The molecular formula is C26H29ClN2O3. The third-order valence-electron chi connectivity index (χ3n) is 5.91. The fourth-order valence-corrected chi connectivity index (χ4v) is 3.95. The molecular weight excluding hydrogens is 424 g/mol. The van der Waals surface area contributed by atoms with Crippen molar-refractivity contribution in [2.45, 2.75) is 41.5 Å². The van der Waals surface area contributed by atoms with E-state index in [1.54, 1.807) is 14.2 Å². The Kier molecular flexibility index (Phi) is 6.79. The smallest absolute Gasteiger partial charge is 0.192 e. The second-order valence-electron chi connectivity index (χ2n) is 8.05. The summed E-state index contributed by atoms with van der Waals surface area (Å²) < 4.78 is 10.5. The lowest BCUT2D eigenvalue weighted by atomic mass is 10.1. The molecule has 0 amide bonds. The first-order chi connectivity index (χ1) is 15.1. The molecule has 0 saturated heterocycles. The number of benzene rings is 2. The number of nitrogens with one attached hydrogen (secondary N) is 1. The number of methoxy groups -OCH3 is 2. The molecule has 0 aliphatic carbocycles. The Morgan fingerprint density at radius 1 is 0.812 bits per heavy atom. The van der Waals surface area contributed by atoms with Gasteiger partial charge in [-0.15, -0.1) is 0 Å². The first-order valence-electron chi connectivity index (χ1n) is 10.4. The van der Waals surface area contributed by atoms with Gasteiger partial charge in [0.2, 0.25) is 0 Å². The van der Waals surface area contributed by atoms with Crippen LogP contribution in [0, 0.1) is 41.5 Å². The van der Waals surface area contributed by atoms with Gasteiger partial charge in [-0.05, 0) is 70.4 Å². The Bertz CT molecular complexity index is 1390. The van der Waals surface area contributed by atoms with Crippen molar-refractivity contribution in [2.24, 2.45) is 0 Å². The second-order valence-corrected chi connectivity index (χ2v) is 8.42. The van der Waals surface area contributed by atoms with Crippen LogP contribution in [0.5, 0.6) is 11.5 Å². The number of aromatic amines is 1. The van der Waals surface area contributed by atoms with E-state index in [0.717, 1.165) is 72.0 Å². The van der Waals surface area contributed by atoms with Crippen LogP contribution >= 0.6 is 11.6 Å². The number of aryl methyl sites for hydroxylation is 4. The van der Waals surface area contributed by atoms with Crippen LogP contribution in [0.1, 0.15) is 33.6 Å². The van der Waals surface area contributed by atoms with Crippen LogP contribution in [0.3, 0.4) is 0 Å². The summed E-state index contributed by atoms with van der Waals surface area (Å²) in [5, 5.41) is 2.50. The van der Waals surface area contributed by atoms with Gasteiger partial charge in [0.1, 0.15) is 11.5 Å². The quantitative estimate of drug-likeness (QED) is 0.388. The van der Waals surface area contributed by atoms with E-state index in [9.17, 15) is 4.79 Å². The largest absolute Gasteiger partial charge is 0.496 e. The van der Waals surface area contributed by atoms with Gasteiger partial charge in [-0.1, -0.05) is 11.6 Å². The lowest BCUT2D eigenvalue weighted by molar-refractivity contribution is 0.412. The molecule has 1 N–H and O–H groups in total. The van der Waals surface area contributed by atoms with Crippen LogP contribution in [-0.4, -0.2) is 24.2 Å². The lowest BCUT2D eigenvalue weighted by Crippen LogP contribution is -2.10. The van der Waals surface area contributed by atoms with E-state index in [4.69, 9.17) is 21.1 Å². The molecule has 2 aromatic heterocycles. The van der Waals surface area contributed by atoms with E-state index in [2.05, 4.69) is 9.97 Å². The molecule has 6 heteroatoms. The van der Waals surface area contributed by atoms with Crippen LogP contribution in [0.25, 0.3) is 21.8 Å². The minimum Gasteiger partial charge on any atom is -0.496 e. The zero-order valence-electron chi connectivity index (χ0n) is 19.9. The normalized spacial score (nSPS) is 10.8. The summed E-state index contributed by atoms with van der Waals surface area (Å²) in [6, 6.07) is 7.71. The molecule has 32 heavy (non-hydrogen) atoms. The summed E-state index contributed by atoms with van der Waals surface area (Å²) >= 11 is 6.32. The van der Waals surface area contributed by atoms with Crippen molar-refractivity contribution in [3.8, 4) is 11.5 Å². The zero-order valence-corrected chi connectivity index (χ0v) is 20.6. The predicted octanol–water partition coefficient (Wildman–Crippen LogP) is 6.28. The fraction of sp³-hybridized carbons (Fsp3) is 0.308. The lowest BCUT2D eigenvalue weighted by Gasteiger charge is -2.10. The van der Waals surface area contributed by atoms with Crippen molar-refractivity contribution >= 4 is 33.4 Å². The number of rotatable bonds is 2. The SMILES string of the molecule is COc1cc2[nH]c(C)c(C)c(=O)c2cc1C.COc1cc2nc(C)c(C)c(Cl)c2cc1C. The van der Waals surface area contributed by atoms with Crippen LogP contribution in [0.4, 0.5) is 0 Å². The van der Waals surface area contributed by atoms with Crippen LogP contribution in [-0.2, 0) is 0 Å². The van der Waals surface area contributed by atoms with Crippen LogP contribution in [0.15, 0.2) is 29.1 Å². The Hall–Kier alpha value is -3.05. The summed E-state index contributed by atoms with van der Waals surface area (Å²) in [7, 11) is 3.30. The molecule has 2 aromatic carbocycles. The highest BCUT2D eigenvalue weighted by molar-refractivity contribution is 6.36. The number of fused-ring (bicyclic) bond motifs is 2. The van der Waals surface area contributed by atoms with Crippen LogP contribution in [0.2, 0.25) is 5.02 Å². The van der Waals surface area contributed by atoms with Gasteiger partial charge in [-0.2, -0.15) is 0 Å². The van der Waals surface area contributed by atoms with Crippen molar-refractivity contribution < 1.29 is 9.47 Å². The maximum absolute atomic E-state index is 12.0.